The molecule has 0 N–H and O–H groups in total. The van der Waals surface area contributed by atoms with E-state index in [2.05, 4.69) is 17.5 Å². The molecular formula is C18H21NO2S2. The van der Waals surface area contributed by atoms with Gasteiger partial charge in [0, 0.05) is 35.7 Å². The number of rotatable bonds is 5. The maximum atomic E-state index is 12.9. The molecule has 1 amide bonds. The van der Waals surface area contributed by atoms with Gasteiger partial charge < -0.3 is 9.64 Å². The van der Waals surface area contributed by atoms with Gasteiger partial charge in [-0.15, -0.1) is 23.1 Å². The van der Waals surface area contributed by atoms with Crippen molar-refractivity contribution in [2.75, 3.05) is 20.2 Å². The van der Waals surface area contributed by atoms with Gasteiger partial charge in [-0.3, -0.25) is 4.79 Å². The number of hydrogen-bond donors (Lipinski definition) is 0. The van der Waals surface area contributed by atoms with Crippen molar-refractivity contribution in [2.45, 2.75) is 29.6 Å². The Balaban J connectivity index is 1.68. The monoisotopic (exact) mass is 347 g/mol. The molecule has 2 heterocycles. The summed E-state index contributed by atoms with van der Waals surface area (Å²) in [5.74, 6) is 1.06. The molecule has 0 unspecified atom stereocenters. The number of likely N-dealkylation sites (tertiary alicyclic amines) is 1. The fourth-order valence-electron chi connectivity index (χ4n) is 2.78. The molecule has 5 heteroatoms. The van der Waals surface area contributed by atoms with E-state index in [0.717, 1.165) is 42.1 Å². The Morgan fingerprint density at radius 2 is 2.04 bits per heavy atom. The summed E-state index contributed by atoms with van der Waals surface area (Å²) in [7, 11) is 1.75. The highest BCUT2D eigenvalue weighted by atomic mass is 32.2. The van der Waals surface area contributed by atoms with Crippen LogP contribution in [0.4, 0.5) is 0 Å². The van der Waals surface area contributed by atoms with Gasteiger partial charge in [-0.1, -0.05) is 18.2 Å². The van der Waals surface area contributed by atoms with E-state index in [1.54, 1.807) is 30.2 Å². The molecule has 1 fully saturated rings. The smallest absolute Gasteiger partial charge is 0.254 e. The van der Waals surface area contributed by atoms with Crippen molar-refractivity contribution in [1.29, 1.82) is 0 Å². The number of ether oxygens (including phenoxy) is 1. The van der Waals surface area contributed by atoms with Crippen molar-refractivity contribution >= 4 is 29.0 Å². The van der Waals surface area contributed by atoms with Crippen LogP contribution in [0.5, 0.6) is 0 Å². The Kier molecular flexibility index (Phi) is 5.75. The molecule has 0 atom stereocenters. The van der Waals surface area contributed by atoms with E-state index in [4.69, 9.17) is 4.74 Å². The van der Waals surface area contributed by atoms with Crippen molar-refractivity contribution in [3.8, 4) is 0 Å². The summed E-state index contributed by atoms with van der Waals surface area (Å²) < 4.78 is 5.39. The molecule has 0 saturated carbocycles. The largest absolute Gasteiger partial charge is 0.381 e. The van der Waals surface area contributed by atoms with Crippen LogP contribution in [0.1, 0.15) is 28.1 Å². The average Bonchev–Trinajstić information content (AvgIpc) is 3.13. The number of thioether (sulfide) groups is 1. The molecule has 1 aromatic carbocycles. The minimum Gasteiger partial charge on any atom is -0.381 e. The van der Waals surface area contributed by atoms with Gasteiger partial charge in [0.2, 0.25) is 0 Å². The van der Waals surface area contributed by atoms with E-state index in [1.165, 1.54) is 4.88 Å². The lowest BCUT2D eigenvalue weighted by Crippen LogP contribution is -2.40. The molecule has 0 bridgehead atoms. The molecule has 0 aliphatic carbocycles. The summed E-state index contributed by atoms with van der Waals surface area (Å²) in [6, 6.07) is 12.2. The quantitative estimate of drug-likeness (QED) is 0.756. The molecule has 0 radical (unpaired) electrons. The van der Waals surface area contributed by atoms with E-state index < -0.39 is 0 Å². The molecular weight excluding hydrogens is 326 g/mol. The van der Waals surface area contributed by atoms with Crippen molar-refractivity contribution in [3.05, 3.63) is 52.2 Å². The summed E-state index contributed by atoms with van der Waals surface area (Å²) in [5.41, 5.74) is 0.824. The Morgan fingerprint density at radius 1 is 1.26 bits per heavy atom. The minimum atomic E-state index is 0.147. The summed E-state index contributed by atoms with van der Waals surface area (Å²) >= 11 is 3.50. The van der Waals surface area contributed by atoms with E-state index in [9.17, 15) is 4.79 Å². The van der Waals surface area contributed by atoms with E-state index in [-0.39, 0.29) is 5.91 Å². The van der Waals surface area contributed by atoms with Crippen molar-refractivity contribution in [2.24, 2.45) is 0 Å². The van der Waals surface area contributed by atoms with Crippen LogP contribution >= 0.6 is 23.1 Å². The first kappa shape index (κ1) is 16.6. The number of benzene rings is 1. The number of carbonyl (C=O) groups excluding carboxylic acids is 1. The Hall–Kier alpha value is -1.30. The zero-order valence-electron chi connectivity index (χ0n) is 13.2. The van der Waals surface area contributed by atoms with Crippen LogP contribution in [0.2, 0.25) is 0 Å². The third kappa shape index (κ3) is 4.16. The number of piperidine rings is 1. The van der Waals surface area contributed by atoms with Crippen LogP contribution in [-0.2, 0) is 10.5 Å². The molecule has 1 saturated heterocycles. The fourth-order valence-corrected chi connectivity index (χ4v) is 4.60. The normalized spacial score (nSPS) is 15.8. The second kappa shape index (κ2) is 7.99. The summed E-state index contributed by atoms with van der Waals surface area (Å²) in [6.45, 7) is 1.56. The van der Waals surface area contributed by atoms with Gasteiger partial charge in [-0.25, -0.2) is 0 Å². The van der Waals surface area contributed by atoms with Crippen LogP contribution in [0.15, 0.2) is 46.7 Å². The first-order chi connectivity index (χ1) is 11.3. The summed E-state index contributed by atoms with van der Waals surface area (Å²) in [5, 5.41) is 2.09. The van der Waals surface area contributed by atoms with Gasteiger partial charge in [0.05, 0.1) is 11.7 Å². The molecule has 1 aliphatic rings. The second-order valence-electron chi connectivity index (χ2n) is 5.59. The first-order valence-electron chi connectivity index (χ1n) is 7.84. The van der Waals surface area contributed by atoms with Crippen LogP contribution in [-0.4, -0.2) is 37.1 Å². The Bertz CT molecular complexity index is 634. The van der Waals surface area contributed by atoms with Gasteiger partial charge in [0.1, 0.15) is 0 Å². The molecule has 3 rings (SSSR count). The minimum absolute atomic E-state index is 0.147. The fraction of sp³-hybridized carbons (Fsp3) is 0.389. The van der Waals surface area contributed by atoms with Gasteiger partial charge in [-0.05, 0) is 36.4 Å². The van der Waals surface area contributed by atoms with Gasteiger partial charge in [-0.2, -0.15) is 0 Å². The standard InChI is InChI=1S/C18H21NO2S2/c1-21-14-8-10-19(11-9-14)18(20)16-6-2-3-7-17(16)23-13-15-5-4-12-22-15/h2-7,12,14H,8-11,13H2,1H3. The lowest BCUT2D eigenvalue weighted by atomic mass is 10.1. The van der Waals surface area contributed by atoms with Gasteiger partial charge in [0.15, 0.2) is 0 Å². The SMILES string of the molecule is COC1CCN(C(=O)c2ccccc2SCc2cccs2)CC1. The maximum absolute atomic E-state index is 12.9. The molecule has 3 nitrogen and oxygen atoms in total. The summed E-state index contributed by atoms with van der Waals surface area (Å²) in [4.78, 5) is 17.2. The topological polar surface area (TPSA) is 29.5 Å². The zero-order chi connectivity index (χ0) is 16.1. The third-order valence-electron chi connectivity index (χ3n) is 4.13. The Morgan fingerprint density at radius 3 is 2.74 bits per heavy atom. The molecule has 23 heavy (non-hydrogen) atoms. The highest BCUT2D eigenvalue weighted by molar-refractivity contribution is 7.98. The highest BCUT2D eigenvalue weighted by Crippen LogP contribution is 2.29. The average molecular weight is 348 g/mol. The maximum Gasteiger partial charge on any atom is 0.254 e. The van der Waals surface area contributed by atoms with Crippen LogP contribution in [0.3, 0.4) is 0 Å². The predicted octanol–water partition coefficient (Wildman–Crippen LogP) is 4.29. The molecule has 1 aromatic heterocycles. The molecule has 1 aliphatic heterocycles. The van der Waals surface area contributed by atoms with E-state index in [1.807, 2.05) is 29.2 Å². The Labute approximate surface area is 145 Å². The molecule has 122 valence electrons. The van der Waals surface area contributed by atoms with Crippen LogP contribution in [0.25, 0.3) is 0 Å². The van der Waals surface area contributed by atoms with Gasteiger partial charge >= 0.3 is 0 Å². The van der Waals surface area contributed by atoms with Gasteiger partial charge in [0.25, 0.3) is 5.91 Å². The summed E-state index contributed by atoms with van der Waals surface area (Å²) in [6.07, 6.45) is 2.14. The number of amides is 1. The third-order valence-corrected chi connectivity index (χ3v) is 6.31. The first-order valence-corrected chi connectivity index (χ1v) is 9.70. The number of methoxy groups -OCH3 is 1. The van der Waals surface area contributed by atoms with Crippen molar-refractivity contribution < 1.29 is 9.53 Å². The van der Waals surface area contributed by atoms with Crippen LogP contribution in [0, 0.1) is 0 Å². The van der Waals surface area contributed by atoms with E-state index >= 15 is 0 Å². The number of thiophene rings is 1. The predicted molar refractivity (Wildman–Crippen MR) is 96.3 cm³/mol. The zero-order valence-corrected chi connectivity index (χ0v) is 14.9. The number of hydrogen-bond acceptors (Lipinski definition) is 4. The van der Waals surface area contributed by atoms with Crippen molar-refractivity contribution in [1.82, 2.24) is 4.90 Å². The highest BCUT2D eigenvalue weighted by Gasteiger charge is 2.24. The van der Waals surface area contributed by atoms with E-state index in [0.29, 0.717) is 6.10 Å². The second-order valence-corrected chi connectivity index (χ2v) is 7.64. The number of nitrogens with zero attached hydrogens (tertiary/aromatic N) is 1. The molecule has 0 spiro atoms. The number of carbonyl (C=O) groups is 1. The lowest BCUT2D eigenvalue weighted by Gasteiger charge is -2.31. The lowest BCUT2D eigenvalue weighted by molar-refractivity contribution is 0.0349. The van der Waals surface area contributed by atoms with Crippen LogP contribution < -0.4 is 0 Å². The molecule has 2 aromatic rings. The van der Waals surface area contributed by atoms with Crippen molar-refractivity contribution in [3.63, 3.8) is 0 Å².